The molecule has 0 aromatic carbocycles. The number of carbonyl (C=O) groups excluding carboxylic acids is 1. The quantitative estimate of drug-likeness (QED) is 0.587. The number of ether oxygens (including phenoxy) is 1. The van der Waals surface area contributed by atoms with Gasteiger partial charge >= 0.3 is 5.97 Å². The Morgan fingerprint density at radius 1 is 1.61 bits per heavy atom. The molecule has 0 unspecified atom stereocenters. The molecule has 4 nitrogen and oxygen atoms in total. The van der Waals surface area contributed by atoms with Crippen LogP contribution in [0.1, 0.15) is 24.0 Å². The molecule has 0 spiro atoms. The maximum Gasteiger partial charge on any atom is 0.333 e. The van der Waals surface area contributed by atoms with Crippen molar-refractivity contribution in [1.29, 1.82) is 0 Å². The van der Waals surface area contributed by atoms with E-state index in [1.165, 1.54) is 7.11 Å². The van der Waals surface area contributed by atoms with Crippen molar-refractivity contribution in [2.24, 2.45) is 0 Å². The molecule has 1 rings (SSSR count). The van der Waals surface area contributed by atoms with Crippen LogP contribution in [0.5, 0.6) is 0 Å². The molecule has 0 bridgehead atoms. The van der Waals surface area contributed by atoms with Crippen molar-refractivity contribution in [2.75, 3.05) is 20.7 Å². The van der Waals surface area contributed by atoms with Gasteiger partial charge in [-0.1, -0.05) is 13.0 Å². The first-order chi connectivity index (χ1) is 8.56. The summed E-state index contributed by atoms with van der Waals surface area (Å²) in [6.07, 6.45) is 2.61. The minimum atomic E-state index is -0.240. The van der Waals surface area contributed by atoms with Gasteiger partial charge in [0.2, 0.25) is 0 Å². The van der Waals surface area contributed by atoms with Crippen molar-refractivity contribution in [3.8, 4) is 0 Å². The predicted molar refractivity (Wildman–Crippen MR) is 73.6 cm³/mol. The predicted octanol–water partition coefficient (Wildman–Crippen LogP) is 2.39. The molecule has 0 aliphatic heterocycles. The topological polar surface area (TPSA) is 42.4 Å². The van der Waals surface area contributed by atoms with Crippen LogP contribution in [-0.2, 0) is 16.1 Å². The van der Waals surface area contributed by atoms with Gasteiger partial charge in [-0.2, -0.15) is 0 Å². The number of likely N-dealkylation sites (N-methyl/N-ethyl adjacent to an activating group) is 1. The van der Waals surface area contributed by atoms with E-state index < -0.39 is 0 Å². The molecule has 5 heteroatoms. The van der Waals surface area contributed by atoms with Crippen LogP contribution in [0.2, 0.25) is 0 Å². The van der Waals surface area contributed by atoms with Gasteiger partial charge < -0.3 is 4.74 Å². The van der Waals surface area contributed by atoms with E-state index in [-0.39, 0.29) is 5.97 Å². The maximum atomic E-state index is 11.4. The zero-order chi connectivity index (χ0) is 13.5. The summed E-state index contributed by atoms with van der Waals surface area (Å²) in [4.78, 5) is 17.9. The third-order valence-electron chi connectivity index (χ3n) is 2.58. The molecule has 0 radical (unpaired) electrons. The van der Waals surface area contributed by atoms with E-state index in [2.05, 4.69) is 15.3 Å². The Hall–Kier alpha value is -1.20. The van der Waals surface area contributed by atoms with Crippen LogP contribution in [0, 0.1) is 6.92 Å². The minimum Gasteiger partial charge on any atom is -0.466 e. The average molecular weight is 268 g/mol. The van der Waals surface area contributed by atoms with E-state index in [4.69, 9.17) is 4.74 Å². The number of hydrogen-bond donors (Lipinski definition) is 0. The Morgan fingerprint density at radius 2 is 2.33 bits per heavy atom. The second kappa shape index (κ2) is 7.28. The average Bonchev–Trinajstić information content (AvgIpc) is 2.75. The number of rotatable bonds is 6. The minimum absolute atomic E-state index is 0.240. The Bertz CT molecular complexity index is 426. The molecule has 0 amide bonds. The van der Waals surface area contributed by atoms with Gasteiger partial charge in [0.15, 0.2) is 0 Å². The molecule has 1 aromatic heterocycles. The highest BCUT2D eigenvalue weighted by molar-refractivity contribution is 7.09. The van der Waals surface area contributed by atoms with E-state index in [9.17, 15) is 4.79 Å². The highest BCUT2D eigenvalue weighted by atomic mass is 32.1. The number of esters is 1. The van der Waals surface area contributed by atoms with Crippen LogP contribution < -0.4 is 0 Å². The molecule has 0 saturated heterocycles. The van der Waals surface area contributed by atoms with E-state index in [1.807, 2.05) is 27.0 Å². The summed E-state index contributed by atoms with van der Waals surface area (Å²) >= 11 is 1.66. The van der Waals surface area contributed by atoms with Crippen molar-refractivity contribution < 1.29 is 9.53 Å². The molecule has 1 aromatic rings. The maximum absolute atomic E-state index is 11.4. The molecule has 100 valence electrons. The standard InChI is InChI=1S/C13H20N2O2S/c1-5-11(13(16)17-4)6-7-15(3)8-12-9-18-10(2)14-12/h6,9H,5,7-8H2,1-4H3. The van der Waals surface area contributed by atoms with Gasteiger partial charge in [0.25, 0.3) is 0 Å². The van der Waals surface area contributed by atoms with Crippen LogP contribution in [0.25, 0.3) is 0 Å². The Balaban J connectivity index is 2.51. The normalized spacial score (nSPS) is 11.9. The number of aryl methyl sites for hydroxylation is 1. The van der Waals surface area contributed by atoms with Crippen LogP contribution >= 0.6 is 11.3 Å². The number of carbonyl (C=O) groups is 1. The van der Waals surface area contributed by atoms with Gasteiger partial charge in [-0.3, -0.25) is 4.90 Å². The molecule has 0 atom stereocenters. The number of aromatic nitrogens is 1. The molecule has 0 aliphatic rings. The van der Waals surface area contributed by atoms with E-state index in [1.54, 1.807) is 11.3 Å². The van der Waals surface area contributed by atoms with E-state index in [0.717, 1.165) is 29.4 Å². The van der Waals surface area contributed by atoms with Crippen molar-refractivity contribution in [2.45, 2.75) is 26.8 Å². The molecule has 0 aliphatic carbocycles. The number of hydrogen-bond acceptors (Lipinski definition) is 5. The van der Waals surface area contributed by atoms with E-state index in [0.29, 0.717) is 6.42 Å². The summed E-state index contributed by atoms with van der Waals surface area (Å²) in [6.45, 7) is 5.46. The molecule has 18 heavy (non-hydrogen) atoms. The largest absolute Gasteiger partial charge is 0.466 e. The molecular formula is C13H20N2O2S. The van der Waals surface area contributed by atoms with Crippen LogP contribution in [0.3, 0.4) is 0 Å². The molecule has 0 saturated carbocycles. The highest BCUT2D eigenvalue weighted by Gasteiger charge is 2.07. The monoisotopic (exact) mass is 268 g/mol. The fourth-order valence-electron chi connectivity index (χ4n) is 1.59. The third kappa shape index (κ3) is 4.58. The summed E-state index contributed by atoms with van der Waals surface area (Å²) in [5.74, 6) is -0.240. The van der Waals surface area contributed by atoms with Gasteiger partial charge in [-0.05, 0) is 20.4 Å². The summed E-state index contributed by atoms with van der Waals surface area (Å²) in [6, 6.07) is 0. The zero-order valence-electron chi connectivity index (χ0n) is 11.4. The lowest BCUT2D eigenvalue weighted by molar-refractivity contribution is -0.136. The summed E-state index contributed by atoms with van der Waals surface area (Å²) in [5, 5.41) is 3.15. The zero-order valence-corrected chi connectivity index (χ0v) is 12.2. The SMILES string of the molecule is CCC(=CCN(C)Cc1csc(C)n1)C(=O)OC. The number of methoxy groups -OCH3 is 1. The van der Waals surface area contributed by atoms with Gasteiger partial charge in [0.05, 0.1) is 17.8 Å². The summed E-state index contributed by atoms with van der Waals surface area (Å²) in [7, 11) is 3.42. The second-order valence-electron chi connectivity index (χ2n) is 4.13. The number of thiazole rings is 1. The number of nitrogens with zero attached hydrogens (tertiary/aromatic N) is 2. The first kappa shape index (κ1) is 14.9. The second-order valence-corrected chi connectivity index (χ2v) is 5.19. The first-order valence-electron chi connectivity index (χ1n) is 5.93. The lowest BCUT2D eigenvalue weighted by Crippen LogP contribution is -2.19. The van der Waals surface area contributed by atoms with Crippen molar-refractivity contribution >= 4 is 17.3 Å². The van der Waals surface area contributed by atoms with Crippen molar-refractivity contribution in [1.82, 2.24) is 9.88 Å². The molecular weight excluding hydrogens is 248 g/mol. The lowest BCUT2D eigenvalue weighted by Gasteiger charge is -2.13. The van der Waals surface area contributed by atoms with Crippen LogP contribution in [0.15, 0.2) is 17.0 Å². The first-order valence-corrected chi connectivity index (χ1v) is 6.81. The van der Waals surface area contributed by atoms with Crippen molar-refractivity contribution in [3.05, 3.63) is 27.7 Å². The Morgan fingerprint density at radius 3 is 2.83 bits per heavy atom. The molecule has 0 fully saturated rings. The van der Waals surface area contributed by atoms with Crippen molar-refractivity contribution in [3.63, 3.8) is 0 Å². The fraction of sp³-hybridized carbons (Fsp3) is 0.538. The Kier molecular flexibility index (Phi) is 6.01. The summed E-state index contributed by atoms with van der Waals surface area (Å²) < 4.78 is 4.72. The van der Waals surface area contributed by atoms with Gasteiger partial charge in [-0.25, -0.2) is 9.78 Å². The molecule has 0 N–H and O–H groups in total. The van der Waals surface area contributed by atoms with E-state index >= 15 is 0 Å². The van der Waals surface area contributed by atoms with Gasteiger partial charge in [-0.15, -0.1) is 11.3 Å². The third-order valence-corrected chi connectivity index (χ3v) is 3.40. The smallest absolute Gasteiger partial charge is 0.333 e. The highest BCUT2D eigenvalue weighted by Crippen LogP contribution is 2.10. The van der Waals surface area contributed by atoms with Gasteiger partial charge in [0, 0.05) is 24.0 Å². The van der Waals surface area contributed by atoms with Crippen LogP contribution in [-0.4, -0.2) is 36.6 Å². The van der Waals surface area contributed by atoms with Gasteiger partial charge in [0.1, 0.15) is 0 Å². The molecule has 1 heterocycles. The lowest BCUT2D eigenvalue weighted by atomic mass is 10.2. The Labute approximate surface area is 112 Å². The van der Waals surface area contributed by atoms with Crippen LogP contribution in [0.4, 0.5) is 0 Å². The summed E-state index contributed by atoms with van der Waals surface area (Å²) in [5.41, 5.74) is 1.79. The fourth-order valence-corrected chi connectivity index (χ4v) is 2.19.